The minimum Gasteiger partial charge on any atom is -0.506 e. The van der Waals surface area contributed by atoms with Crippen molar-refractivity contribution in [3.63, 3.8) is 0 Å². The Balaban J connectivity index is 2.44. The smallest absolute Gasteiger partial charge is 0.263 e. The van der Waals surface area contributed by atoms with Crippen LogP contribution in [0.25, 0.3) is 0 Å². The third-order valence-electron chi connectivity index (χ3n) is 2.33. The second kappa shape index (κ2) is 5.52. The van der Waals surface area contributed by atoms with Gasteiger partial charge >= 0.3 is 0 Å². The maximum atomic E-state index is 12.3. The molecule has 0 radical (unpaired) electrons. The zero-order valence-electron chi connectivity index (χ0n) is 9.47. The van der Waals surface area contributed by atoms with Crippen molar-refractivity contribution in [2.45, 2.75) is 4.90 Å². The van der Waals surface area contributed by atoms with Gasteiger partial charge in [0, 0.05) is 8.95 Å². The van der Waals surface area contributed by atoms with Crippen molar-refractivity contribution < 1.29 is 13.5 Å². The van der Waals surface area contributed by atoms with E-state index in [2.05, 4.69) is 36.6 Å². The maximum Gasteiger partial charge on any atom is 0.263 e. The molecule has 0 amide bonds. The highest BCUT2D eigenvalue weighted by Gasteiger charge is 2.19. The summed E-state index contributed by atoms with van der Waals surface area (Å²) in [6.45, 7) is 0. The molecule has 4 nitrogen and oxygen atoms in total. The predicted molar refractivity (Wildman–Crippen MR) is 80.8 cm³/mol. The number of hydrogen-bond acceptors (Lipinski definition) is 3. The van der Waals surface area contributed by atoms with Crippen molar-refractivity contribution in [1.29, 1.82) is 0 Å². The molecule has 0 atom stereocenters. The number of sulfonamides is 1. The fourth-order valence-electron chi connectivity index (χ4n) is 1.44. The lowest BCUT2D eigenvalue weighted by Crippen LogP contribution is -2.13. The molecular weight excluding hydrogens is 398 g/mol. The maximum absolute atomic E-state index is 12.3. The van der Waals surface area contributed by atoms with Crippen LogP contribution >= 0.6 is 31.9 Å². The summed E-state index contributed by atoms with van der Waals surface area (Å²) in [5.41, 5.74) is 0.134. The van der Waals surface area contributed by atoms with E-state index in [1.807, 2.05) is 0 Å². The quantitative estimate of drug-likeness (QED) is 0.763. The Bertz CT molecular complexity index is 717. The van der Waals surface area contributed by atoms with Gasteiger partial charge in [-0.25, -0.2) is 8.42 Å². The van der Waals surface area contributed by atoms with Gasteiger partial charge in [-0.3, -0.25) is 4.72 Å². The zero-order valence-corrected chi connectivity index (χ0v) is 13.5. The predicted octanol–water partition coefficient (Wildman–Crippen LogP) is 3.72. The molecule has 2 N–H and O–H groups in total. The molecule has 7 heteroatoms. The molecule has 2 aromatic carbocycles. The first-order valence-electron chi connectivity index (χ1n) is 5.16. The Kier molecular flexibility index (Phi) is 4.17. The fraction of sp³-hybridized carbons (Fsp3) is 0. The van der Waals surface area contributed by atoms with Gasteiger partial charge < -0.3 is 5.11 Å². The fourth-order valence-corrected chi connectivity index (χ4v) is 4.02. The second-order valence-corrected chi connectivity index (χ2v) is 7.12. The second-order valence-electron chi connectivity index (χ2n) is 3.70. The molecule has 0 aromatic heterocycles. The van der Waals surface area contributed by atoms with Gasteiger partial charge in [-0.2, -0.15) is 0 Å². The van der Waals surface area contributed by atoms with E-state index in [-0.39, 0.29) is 16.3 Å². The lowest BCUT2D eigenvalue weighted by molar-refractivity contribution is 0.477. The average Bonchev–Trinajstić information content (AvgIpc) is 2.35. The van der Waals surface area contributed by atoms with Crippen LogP contribution in [0.3, 0.4) is 0 Å². The van der Waals surface area contributed by atoms with Gasteiger partial charge in [-0.05, 0) is 46.3 Å². The topological polar surface area (TPSA) is 66.4 Å². The first kappa shape index (κ1) is 14.4. The largest absolute Gasteiger partial charge is 0.506 e. The molecule has 0 fully saturated rings. The van der Waals surface area contributed by atoms with Gasteiger partial charge in [-0.15, -0.1) is 0 Å². The molecule has 0 bridgehead atoms. The number of benzene rings is 2. The number of nitrogens with one attached hydrogen (secondary N) is 1. The number of phenolic OH excluding ortho intramolecular Hbond substituents is 1. The number of halogens is 2. The monoisotopic (exact) mass is 405 g/mol. The Morgan fingerprint density at radius 3 is 2.42 bits per heavy atom. The van der Waals surface area contributed by atoms with Gasteiger partial charge in [0.2, 0.25) is 0 Å². The van der Waals surface area contributed by atoms with E-state index in [4.69, 9.17) is 0 Å². The molecule has 2 aromatic rings. The number of anilines is 1. The molecule has 0 heterocycles. The summed E-state index contributed by atoms with van der Waals surface area (Å²) in [4.78, 5) is 0.0881. The summed E-state index contributed by atoms with van der Waals surface area (Å²) in [5, 5.41) is 9.60. The summed E-state index contributed by atoms with van der Waals surface area (Å²) < 4.78 is 27.9. The van der Waals surface area contributed by atoms with Gasteiger partial charge in [0.1, 0.15) is 10.6 Å². The van der Waals surface area contributed by atoms with E-state index in [0.717, 1.165) is 0 Å². The van der Waals surface area contributed by atoms with Crippen LogP contribution in [0.1, 0.15) is 0 Å². The van der Waals surface area contributed by atoms with E-state index < -0.39 is 10.0 Å². The van der Waals surface area contributed by atoms with Gasteiger partial charge in [0.15, 0.2) is 0 Å². The molecular formula is C12H9Br2NO3S. The van der Waals surface area contributed by atoms with Crippen molar-refractivity contribution in [2.75, 3.05) is 4.72 Å². The lowest BCUT2D eigenvalue weighted by Gasteiger charge is -2.11. The Labute approximate surface area is 127 Å². The molecule has 0 unspecified atom stereocenters. The summed E-state index contributed by atoms with van der Waals surface area (Å²) in [5.74, 6) is -0.128. The minimum atomic E-state index is -3.78. The number of aromatic hydroxyl groups is 1. The third kappa shape index (κ3) is 3.29. The first-order valence-corrected chi connectivity index (χ1v) is 8.23. The van der Waals surface area contributed by atoms with Crippen LogP contribution in [-0.4, -0.2) is 13.5 Å². The number of hydrogen-bond donors (Lipinski definition) is 2. The Morgan fingerprint density at radius 1 is 1.05 bits per heavy atom. The Hall–Kier alpha value is -1.05. The number of phenols is 1. The van der Waals surface area contributed by atoms with Crippen molar-refractivity contribution >= 4 is 47.6 Å². The van der Waals surface area contributed by atoms with Crippen LogP contribution in [0.5, 0.6) is 5.75 Å². The van der Waals surface area contributed by atoms with E-state index in [1.165, 1.54) is 18.2 Å². The normalized spacial score (nSPS) is 11.3. The van der Waals surface area contributed by atoms with Crippen molar-refractivity contribution in [2.24, 2.45) is 0 Å². The number of para-hydroxylation sites is 2. The van der Waals surface area contributed by atoms with Crippen molar-refractivity contribution in [1.82, 2.24) is 0 Å². The molecule has 0 aliphatic heterocycles. The summed E-state index contributed by atoms with van der Waals surface area (Å²) in [7, 11) is -3.78. The summed E-state index contributed by atoms with van der Waals surface area (Å²) >= 11 is 6.42. The highest BCUT2D eigenvalue weighted by atomic mass is 79.9. The zero-order chi connectivity index (χ0) is 14.0. The van der Waals surface area contributed by atoms with E-state index in [0.29, 0.717) is 8.95 Å². The van der Waals surface area contributed by atoms with Gasteiger partial charge in [0.05, 0.1) is 5.69 Å². The molecule has 0 spiro atoms. The van der Waals surface area contributed by atoms with Crippen LogP contribution < -0.4 is 4.72 Å². The lowest BCUT2D eigenvalue weighted by atomic mass is 10.3. The SMILES string of the molecule is O=S(=O)(Nc1ccccc1O)c1cc(Br)ccc1Br. The minimum absolute atomic E-state index is 0.0881. The molecule has 2 rings (SSSR count). The summed E-state index contributed by atoms with van der Waals surface area (Å²) in [6, 6.07) is 11.0. The van der Waals surface area contributed by atoms with Gasteiger partial charge in [-0.1, -0.05) is 28.1 Å². The van der Waals surface area contributed by atoms with Gasteiger partial charge in [0.25, 0.3) is 10.0 Å². The average molecular weight is 407 g/mol. The van der Waals surface area contributed by atoms with Crippen LogP contribution in [0, 0.1) is 0 Å². The third-order valence-corrected chi connectivity index (χ3v) is 5.18. The first-order chi connectivity index (χ1) is 8.90. The number of rotatable bonds is 3. The van der Waals surface area contributed by atoms with Crippen LogP contribution in [0.4, 0.5) is 5.69 Å². The summed E-state index contributed by atoms with van der Waals surface area (Å²) in [6.07, 6.45) is 0. The molecule has 0 saturated carbocycles. The molecule has 0 aliphatic rings. The molecule has 0 aliphatic carbocycles. The highest BCUT2D eigenvalue weighted by molar-refractivity contribution is 9.11. The van der Waals surface area contributed by atoms with Crippen LogP contribution in [0.2, 0.25) is 0 Å². The van der Waals surface area contributed by atoms with E-state index in [1.54, 1.807) is 24.3 Å². The Morgan fingerprint density at radius 2 is 1.74 bits per heavy atom. The standard InChI is InChI=1S/C12H9Br2NO3S/c13-8-5-6-9(14)12(7-8)19(17,18)15-10-3-1-2-4-11(10)16/h1-7,15-16H. The highest BCUT2D eigenvalue weighted by Crippen LogP contribution is 2.29. The van der Waals surface area contributed by atoms with Crippen molar-refractivity contribution in [3.8, 4) is 5.75 Å². The molecule has 0 saturated heterocycles. The van der Waals surface area contributed by atoms with Crippen LogP contribution in [0.15, 0.2) is 56.3 Å². The van der Waals surface area contributed by atoms with Crippen molar-refractivity contribution in [3.05, 3.63) is 51.4 Å². The van der Waals surface area contributed by atoms with E-state index in [9.17, 15) is 13.5 Å². The van der Waals surface area contributed by atoms with E-state index >= 15 is 0 Å². The molecule has 100 valence electrons. The molecule has 19 heavy (non-hydrogen) atoms. The van der Waals surface area contributed by atoms with Crippen LogP contribution in [-0.2, 0) is 10.0 Å².